The summed E-state index contributed by atoms with van der Waals surface area (Å²) in [5.74, 6) is 0.728. The molecule has 1 aliphatic rings. The van der Waals surface area contributed by atoms with Crippen molar-refractivity contribution in [1.29, 1.82) is 0 Å². The molecule has 2 rings (SSSR count). The lowest BCUT2D eigenvalue weighted by molar-refractivity contribution is 0.189. The first-order chi connectivity index (χ1) is 6.84. The molecular weight excluding hydrogens is 291 g/mol. The van der Waals surface area contributed by atoms with Crippen molar-refractivity contribution in [3.63, 3.8) is 0 Å². The molecule has 0 atom stereocenters. The van der Waals surface area contributed by atoms with Crippen molar-refractivity contribution < 1.29 is 0 Å². The van der Waals surface area contributed by atoms with Crippen LogP contribution in [-0.2, 0) is 0 Å². The lowest BCUT2D eigenvalue weighted by Crippen LogP contribution is -2.40. The maximum Gasteiger partial charge on any atom is 0.222 e. The molecule has 14 heavy (non-hydrogen) atoms. The molecule has 0 saturated carbocycles. The highest BCUT2D eigenvalue weighted by Crippen LogP contribution is 2.05. The summed E-state index contributed by atoms with van der Waals surface area (Å²) in [6, 6.07) is 0. The number of rotatable bonds is 4. The molecule has 1 saturated heterocycles. The van der Waals surface area contributed by atoms with Crippen molar-refractivity contribution in [3.8, 4) is 0 Å². The average molecular weight is 304 g/mol. The molecule has 1 aromatic heterocycles. The molecule has 76 valence electrons. The first-order valence-electron chi connectivity index (χ1n) is 4.78. The van der Waals surface area contributed by atoms with Gasteiger partial charge in [-0.1, -0.05) is 0 Å². The second kappa shape index (κ2) is 4.88. The molecule has 0 amide bonds. The molecule has 0 bridgehead atoms. The van der Waals surface area contributed by atoms with E-state index >= 15 is 0 Å². The van der Waals surface area contributed by atoms with Crippen molar-refractivity contribution >= 4 is 28.5 Å². The Labute approximate surface area is 97.3 Å². The number of nitrogens with zero attached hydrogens (tertiary/aromatic N) is 3. The molecule has 1 aromatic rings. The van der Waals surface area contributed by atoms with E-state index in [1.807, 2.05) is 12.4 Å². The van der Waals surface area contributed by atoms with Gasteiger partial charge in [0.15, 0.2) is 0 Å². The number of hydrogen-bond acceptors (Lipinski definition) is 4. The van der Waals surface area contributed by atoms with E-state index in [2.05, 4.69) is 42.8 Å². The molecule has 1 fully saturated rings. The van der Waals surface area contributed by atoms with Crippen LogP contribution in [0.5, 0.6) is 0 Å². The zero-order valence-corrected chi connectivity index (χ0v) is 10.1. The van der Waals surface area contributed by atoms with Gasteiger partial charge in [-0.25, -0.2) is 9.97 Å². The minimum absolute atomic E-state index is 0.728. The fourth-order valence-corrected chi connectivity index (χ4v) is 1.61. The minimum Gasteiger partial charge on any atom is -0.353 e. The molecule has 4 nitrogen and oxygen atoms in total. The minimum atomic E-state index is 0.728. The van der Waals surface area contributed by atoms with E-state index < -0.39 is 0 Å². The summed E-state index contributed by atoms with van der Waals surface area (Å²) in [6.07, 6.45) is 4.99. The molecule has 5 heteroatoms. The maximum atomic E-state index is 4.17. The quantitative estimate of drug-likeness (QED) is 0.849. The van der Waals surface area contributed by atoms with Crippen molar-refractivity contribution in [2.75, 3.05) is 31.5 Å². The number of likely N-dealkylation sites (tertiary alicyclic amines) is 1. The third kappa shape index (κ3) is 2.78. The van der Waals surface area contributed by atoms with Crippen molar-refractivity contribution in [3.05, 3.63) is 16.0 Å². The number of halogens is 1. The van der Waals surface area contributed by atoms with Crippen molar-refractivity contribution in [1.82, 2.24) is 14.9 Å². The number of hydrogen-bond donors (Lipinski definition) is 1. The monoisotopic (exact) mass is 304 g/mol. The first-order valence-corrected chi connectivity index (χ1v) is 5.86. The topological polar surface area (TPSA) is 41.1 Å². The van der Waals surface area contributed by atoms with Crippen LogP contribution in [0.15, 0.2) is 12.4 Å². The summed E-state index contributed by atoms with van der Waals surface area (Å²) in [7, 11) is 0. The van der Waals surface area contributed by atoms with Gasteiger partial charge in [0.25, 0.3) is 0 Å². The molecule has 1 aliphatic heterocycles. The summed E-state index contributed by atoms with van der Waals surface area (Å²) < 4.78 is 1.07. The fraction of sp³-hybridized carbons (Fsp3) is 0.556. The normalized spacial score (nSPS) is 16.4. The van der Waals surface area contributed by atoms with Gasteiger partial charge in [0.1, 0.15) is 0 Å². The fourth-order valence-electron chi connectivity index (χ4n) is 1.33. The second-order valence-electron chi connectivity index (χ2n) is 3.35. The molecular formula is C9H13IN4. The van der Waals surface area contributed by atoms with Crippen molar-refractivity contribution in [2.24, 2.45) is 0 Å². The Bertz CT molecular complexity index is 283. The predicted molar refractivity (Wildman–Crippen MR) is 64.3 cm³/mol. The Morgan fingerprint density at radius 3 is 2.64 bits per heavy atom. The van der Waals surface area contributed by atoms with E-state index in [-0.39, 0.29) is 0 Å². The maximum absolute atomic E-state index is 4.17. The second-order valence-corrected chi connectivity index (χ2v) is 4.59. The van der Waals surface area contributed by atoms with E-state index in [1.165, 1.54) is 19.5 Å². The molecule has 0 spiro atoms. The van der Waals surface area contributed by atoms with Crippen LogP contribution >= 0.6 is 22.6 Å². The first kappa shape index (κ1) is 10.1. The average Bonchev–Trinajstić information content (AvgIpc) is 2.12. The summed E-state index contributed by atoms with van der Waals surface area (Å²) in [4.78, 5) is 10.8. The van der Waals surface area contributed by atoms with Gasteiger partial charge < -0.3 is 10.2 Å². The largest absolute Gasteiger partial charge is 0.353 e. The molecule has 1 N–H and O–H groups in total. The van der Waals surface area contributed by atoms with Gasteiger partial charge in [-0.15, -0.1) is 0 Å². The van der Waals surface area contributed by atoms with E-state index in [4.69, 9.17) is 0 Å². The Morgan fingerprint density at radius 2 is 2.07 bits per heavy atom. The van der Waals surface area contributed by atoms with E-state index in [0.29, 0.717) is 0 Å². The van der Waals surface area contributed by atoms with Crippen LogP contribution < -0.4 is 5.32 Å². The molecule has 2 heterocycles. The van der Waals surface area contributed by atoms with Crippen LogP contribution in [-0.4, -0.2) is 41.0 Å². The summed E-state index contributed by atoms with van der Waals surface area (Å²) in [5.41, 5.74) is 0. The van der Waals surface area contributed by atoms with Gasteiger partial charge in [0.05, 0.1) is 0 Å². The Kier molecular flexibility index (Phi) is 3.52. The Morgan fingerprint density at radius 1 is 1.36 bits per heavy atom. The van der Waals surface area contributed by atoms with Gasteiger partial charge in [-0.2, -0.15) is 0 Å². The molecule has 0 aliphatic carbocycles. The Balaban J connectivity index is 1.71. The molecule has 0 unspecified atom stereocenters. The predicted octanol–water partition coefficient (Wildman–Crippen LogP) is 1.20. The van der Waals surface area contributed by atoms with Gasteiger partial charge in [-0.05, 0) is 42.1 Å². The number of anilines is 1. The zero-order chi connectivity index (χ0) is 9.80. The van der Waals surface area contributed by atoms with Crippen LogP contribution in [0.2, 0.25) is 0 Å². The van der Waals surface area contributed by atoms with E-state index in [1.54, 1.807) is 0 Å². The number of nitrogens with one attached hydrogen (secondary N) is 1. The van der Waals surface area contributed by atoms with Crippen LogP contribution in [0.25, 0.3) is 0 Å². The smallest absolute Gasteiger partial charge is 0.222 e. The van der Waals surface area contributed by atoms with Crippen molar-refractivity contribution in [2.45, 2.75) is 6.42 Å². The van der Waals surface area contributed by atoms with Gasteiger partial charge in [0.2, 0.25) is 5.95 Å². The highest BCUT2D eigenvalue weighted by molar-refractivity contribution is 14.1. The van der Waals surface area contributed by atoms with Gasteiger partial charge in [0, 0.05) is 29.1 Å². The third-order valence-electron chi connectivity index (χ3n) is 2.28. The summed E-state index contributed by atoms with van der Waals surface area (Å²) in [6.45, 7) is 4.51. The standard InChI is InChI=1S/C9H13IN4/c10-8-6-12-9(13-7-8)11-2-5-14-3-1-4-14/h6-7H,1-5H2,(H,11,12,13). The Hall–Kier alpha value is -0.430. The SMILES string of the molecule is Ic1cnc(NCCN2CCC2)nc1. The third-order valence-corrected chi connectivity index (χ3v) is 2.84. The van der Waals surface area contributed by atoms with Crippen LogP contribution in [0.3, 0.4) is 0 Å². The zero-order valence-electron chi connectivity index (χ0n) is 7.91. The van der Waals surface area contributed by atoms with Gasteiger partial charge in [-0.3, -0.25) is 0 Å². The molecule has 0 radical (unpaired) electrons. The molecule has 0 aromatic carbocycles. The van der Waals surface area contributed by atoms with Gasteiger partial charge >= 0.3 is 0 Å². The van der Waals surface area contributed by atoms with Crippen LogP contribution in [0, 0.1) is 3.57 Å². The summed E-state index contributed by atoms with van der Waals surface area (Å²) in [5, 5.41) is 3.20. The highest BCUT2D eigenvalue weighted by Gasteiger charge is 2.12. The van der Waals surface area contributed by atoms with Crippen LogP contribution in [0.4, 0.5) is 5.95 Å². The summed E-state index contributed by atoms with van der Waals surface area (Å²) >= 11 is 2.20. The highest BCUT2D eigenvalue weighted by atomic mass is 127. The van der Waals surface area contributed by atoms with E-state index in [0.717, 1.165) is 22.6 Å². The van der Waals surface area contributed by atoms with E-state index in [9.17, 15) is 0 Å². The van der Waals surface area contributed by atoms with Crippen LogP contribution in [0.1, 0.15) is 6.42 Å². The number of aromatic nitrogens is 2. The lowest BCUT2D eigenvalue weighted by atomic mass is 10.2. The lowest BCUT2D eigenvalue weighted by Gasteiger charge is -2.30.